The molecule has 6 heteroatoms. The molecule has 1 fully saturated rings. The summed E-state index contributed by atoms with van der Waals surface area (Å²) in [6, 6.07) is 23.6. The highest BCUT2D eigenvalue weighted by Gasteiger charge is 2.51. The number of rotatable bonds is 7. The maximum absolute atomic E-state index is 13.5. The Kier molecular flexibility index (Phi) is 5.62. The summed E-state index contributed by atoms with van der Waals surface area (Å²) in [4.78, 5) is 27.6. The number of urea groups is 1. The monoisotopic (exact) mass is 416 g/mol. The van der Waals surface area contributed by atoms with E-state index in [2.05, 4.69) is 5.32 Å². The summed E-state index contributed by atoms with van der Waals surface area (Å²) in [6.07, 6.45) is 0.433. The molecule has 158 valence electrons. The highest BCUT2D eigenvalue weighted by atomic mass is 16.5. The van der Waals surface area contributed by atoms with Crippen LogP contribution in [-0.2, 0) is 16.9 Å². The van der Waals surface area contributed by atoms with Gasteiger partial charge in [0.2, 0.25) is 0 Å². The predicted molar refractivity (Wildman–Crippen MR) is 117 cm³/mol. The van der Waals surface area contributed by atoms with E-state index in [1.165, 1.54) is 4.90 Å². The van der Waals surface area contributed by atoms with E-state index in [4.69, 9.17) is 9.47 Å². The second kappa shape index (κ2) is 8.52. The molecule has 0 aromatic heterocycles. The highest BCUT2D eigenvalue weighted by molar-refractivity contribution is 6.07. The molecule has 1 atom stereocenters. The number of hydrogen-bond acceptors (Lipinski definition) is 4. The fraction of sp³-hybridized carbons (Fsp3) is 0.200. The number of methoxy groups -OCH3 is 1. The van der Waals surface area contributed by atoms with Gasteiger partial charge in [-0.25, -0.2) is 4.79 Å². The van der Waals surface area contributed by atoms with Crippen LogP contribution in [0.3, 0.4) is 0 Å². The number of carbonyl (C=O) groups is 2. The van der Waals surface area contributed by atoms with Crippen molar-refractivity contribution in [3.8, 4) is 17.2 Å². The normalized spacial score (nSPS) is 18.1. The quantitative estimate of drug-likeness (QED) is 0.560. The molecule has 6 nitrogen and oxygen atoms in total. The minimum atomic E-state index is -1.10. The number of benzene rings is 3. The molecule has 31 heavy (non-hydrogen) atoms. The predicted octanol–water partition coefficient (Wildman–Crippen LogP) is 4.84. The van der Waals surface area contributed by atoms with Crippen LogP contribution in [-0.4, -0.2) is 23.9 Å². The van der Waals surface area contributed by atoms with Crippen LogP contribution in [0.15, 0.2) is 78.9 Å². The van der Waals surface area contributed by atoms with Crippen LogP contribution in [0.25, 0.3) is 0 Å². The Bertz CT molecular complexity index is 1080. The van der Waals surface area contributed by atoms with E-state index >= 15 is 0 Å². The van der Waals surface area contributed by atoms with Crippen LogP contribution in [0.1, 0.15) is 24.5 Å². The third kappa shape index (κ3) is 3.84. The van der Waals surface area contributed by atoms with Gasteiger partial charge in [0.15, 0.2) is 0 Å². The zero-order valence-electron chi connectivity index (χ0n) is 17.5. The first-order valence-electron chi connectivity index (χ1n) is 10.2. The molecule has 1 saturated heterocycles. The van der Waals surface area contributed by atoms with Crippen LogP contribution in [0.4, 0.5) is 4.79 Å². The molecular weight excluding hydrogens is 392 g/mol. The topological polar surface area (TPSA) is 67.9 Å². The van der Waals surface area contributed by atoms with Gasteiger partial charge in [0.1, 0.15) is 22.8 Å². The van der Waals surface area contributed by atoms with E-state index in [-0.39, 0.29) is 12.5 Å². The van der Waals surface area contributed by atoms with Gasteiger partial charge in [0.05, 0.1) is 13.7 Å². The summed E-state index contributed by atoms with van der Waals surface area (Å²) >= 11 is 0. The zero-order chi connectivity index (χ0) is 21.8. The molecule has 3 aromatic carbocycles. The molecule has 1 heterocycles. The van der Waals surface area contributed by atoms with E-state index < -0.39 is 11.6 Å². The second-order valence-corrected chi connectivity index (χ2v) is 7.33. The van der Waals surface area contributed by atoms with Crippen molar-refractivity contribution in [3.63, 3.8) is 0 Å². The van der Waals surface area contributed by atoms with Gasteiger partial charge in [-0.05, 0) is 42.3 Å². The largest absolute Gasteiger partial charge is 0.497 e. The highest BCUT2D eigenvalue weighted by Crippen LogP contribution is 2.35. The van der Waals surface area contributed by atoms with Crippen molar-refractivity contribution in [2.75, 3.05) is 7.11 Å². The molecule has 1 N–H and O–H groups in total. The molecule has 0 aliphatic carbocycles. The smallest absolute Gasteiger partial charge is 0.325 e. The van der Waals surface area contributed by atoms with Gasteiger partial charge in [-0.1, -0.05) is 55.5 Å². The van der Waals surface area contributed by atoms with Gasteiger partial charge in [-0.2, -0.15) is 0 Å². The first-order valence-corrected chi connectivity index (χ1v) is 10.2. The molecule has 3 amide bonds. The minimum absolute atomic E-state index is 0.117. The molecular formula is C25H24N2O4. The van der Waals surface area contributed by atoms with Crippen LogP contribution in [0.2, 0.25) is 0 Å². The van der Waals surface area contributed by atoms with Crippen molar-refractivity contribution in [2.45, 2.75) is 25.4 Å². The van der Waals surface area contributed by atoms with Gasteiger partial charge >= 0.3 is 6.03 Å². The summed E-state index contributed by atoms with van der Waals surface area (Å²) in [6.45, 7) is 2.00. The van der Waals surface area contributed by atoms with E-state index in [0.717, 1.165) is 11.1 Å². The van der Waals surface area contributed by atoms with Gasteiger partial charge in [-0.3, -0.25) is 9.69 Å². The molecule has 0 bridgehead atoms. The molecule has 0 saturated carbocycles. The van der Waals surface area contributed by atoms with Crippen LogP contribution in [0.5, 0.6) is 17.2 Å². The number of para-hydroxylation sites is 2. The van der Waals surface area contributed by atoms with E-state index in [1.54, 1.807) is 19.2 Å². The summed E-state index contributed by atoms with van der Waals surface area (Å²) in [5, 5.41) is 2.92. The van der Waals surface area contributed by atoms with Gasteiger partial charge in [-0.15, -0.1) is 0 Å². The lowest BCUT2D eigenvalue weighted by Gasteiger charge is -2.26. The zero-order valence-corrected chi connectivity index (χ0v) is 17.5. The van der Waals surface area contributed by atoms with Crippen LogP contribution < -0.4 is 14.8 Å². The van der Waals surface area contributed by atoms with E-state index in [0.29, 0.717) is 23.7 Å². The number of hydrogen-bond donors (Lipinski definition) is 1. The average Bonchev–Trinajstić information content (AvgIpc) is 3.06. The van der Waals surface area contributed by atoms with Gasteiger partial charge in [0.25, 0.3) is 5.91 Å². The van der Waals surface area contributed by atoms with Crippen molar-refractivity contribution in [3.05, 3.63) is 90.0 Å². The Labute approximate surface area is 181 Å². The Morgan fingerprint density at radius 2 is 1.55 bits per heavy atom. The minimum Gasteiger partial charge on any atom is -0.497 e. The third-order valence-electron chi connectivity index (χ3n) is 5.56. The van der Waals surface area contributed by atoms with E-state index in [9.17, 15) is 9.59 Å². The number of carbonyl (C=O) groups excluding carboxylic acids is 2. The van der Waals surface area contributed by atoms with Crippen molar-refractivity contribution < 1.29 is 19.1 Å². The van der Waals surface area contributed by atoms with Crippen molar-refractivity contribution in [1.29, 1.82) is 0 Å². The number of amides is 3. The summed E-state index contributed by atoms with van der Waals surface area (Å²) in [7, 11) is 1.59. The Hall–Kier alpha value is -3.80. The number of imide groups is 1. The maximum atomic E-state index is 13.5. The summed E-state index contributed by atoms with van der Waals surface area (Å²) < 4.78 is 11.2. The fourth-order valence-electron chi connectivity index (χ4n) is 3.80. The Morgan fingerprint density at radius 1 is 0.871 bits per heavy atom. The lowest BCUT2D eigenvalue weighted by atomic mass is 9.87. The fourth-order valence-corrected chi connectivity index (χ4v) is 3.80. The first kappa shape index (κ1) is 20.5. The molecule has 1 aliphatic heterocycles. The Balaban J connectivity index is 1.61. The van der Waals surface area contributed by atoms with Crippen molar-refractivity contribution >= 4 is 11.9 Å². The van der Waals surface area contributed by atoms with Crippen molar-refractivity contribution in [1.82, 2.24) is 10.2 Å². The van der Waals surface area contributed by atoms with Crippen LogP contribution >= 0.6 is 0 Å². The molecule has 4 rings (SSSR count). The maximum Gasteiger partial charge on any atom is 0.325 e. The molecule has 0 unspecified atom stereocenters. The standard InChI is InChI=1S/C25H24N2O4/c1-3-25(19-13-15-20(30-2)16-14-19)23(28)27(24(29)26-25)17-18-9-7-8-12-22(18)31-21-10-5-4-6-11-21/h4-16H,3,17H2,1-2H3,(H,26,29)/t25-/m0/s1. The first-order chi connectivity index (χ1) is 15.1. The lowest BCUT2D eigenvalue weighted by Crippen LogP contribution is -2.43. The average molecular weight is 416 g/mol. The summed E-state index contributed by atoms with van der Waals surface area (Å²) in [5.74, 6) is 1.70. The number of nitrogens with zero attached hydrogens (tertiary/aromatic N) is 1. The Morgan fingerprint density at radius 3 is 2.23 bits per heavy atom. The molecule has 0 radical (unpaired) electrons. The third-order valence-corrected chi connectivity index (χ3v) is 5.56. The lowest BCUT2D eigenvalue weighted by molar-refractivity contribution is -0.132. The molecule has 0 spiro atoms. The van der Waals surface area contributed by atoms with Crippen LogP contribution in [0, 0.1) is 0 Å². The van der Waals surface area contributed by atoms with Crippen molar-refractivity contribution in [2.24, 2.45) is 0 Å². The van der Waals surface area contributed by atoms with Gasteiger partial charge in [0, 0.05) is 5.56 Å². The molecule has 1 aliphatic rings. The second-order valence-electron chi connectivity index (χ2n) is 7.33. The summed E-state index contributed by atoms with van der Waals surface area (Å²) in [5.41, 5.74) is 0.375. The van der Waals surface area contributed by atoms with E-state index in [1.807, 2.05) is 73.7 Å². The van der Waals surface area contributed by atoms with Gasteiger partial charge < -0.3 is 14.8 Å². The number of nitrogens with one attached hydrogen (secondary N) is 1. The number of ether oxygens (including phenoxy) is 2. The molecule has 3 aromatic rings. The SMILES string of the molecule is CC[C@@]1(c2ccc(OC)cc2)NC(=O)N(Cc2ccccc2Oc2ccccc2)C1=O.